The van der Waals surface area contributed by atoms with Crippen LogP contribution < -0.4 is 14.8 Å². The van der Waals surface area contributed by atoms with Crippen LogP contribution in [-0.4, -0.2) is 26.4 Å². The van der Waals surface area contributed by atoms with E-state index in [1.54, 1.807) is 32.0 Å². The number of nitrogens with zero attached hydrogens (tertiary/aromatic N) is 1. The second-order valence-corrected chi connectivity index (χ2v) is 9.45. The smallest absolute Gasteiger partial charge is 0.425 e. The van der Waals surface area contributed by atoms with Gasteiger partial charge in [0, 0.05) is 0 Å². The van der Waals surface area contributed by atoms with Crippen molar-refractivity contribution in [3.05, 3.63) is 63.5 Å². The van der Waals surface area contributed by atoms with Crippen LogP contribution in [0, 0.1) is 13.8 Å². The van der Waals surface area contributed by atoms with Crippen LogP contribution in [0.5, 0.6) is 5.88 Å². The second kappa shape index (κ2) is 8.79. The van der Waals surface area contributed by atoms with Crippen molar-refractivity contribution in [2.24, 2.45) is 0 Å². The highest BCUT2D eigenvalue weighted by atomic mass is 32.2. The molecule has 7 nitrogen and oxygen atoms in total. The molecule has 2 N–H and O–H groups in total. The lowest BCUT2D eigenvalue weighted by Crippen LogP contribution is -2.17. The van der Waals surface area contributed by atoms with Crippen molar-refractivity contribution in [1.82, 2.24) is 4.98 Å². The number of ether oxygens (including phenoxy) is 1. The lowest BCUT2D eigenvalue weighted by atomic mass is 10.1. The van der Waals surface area contributed by atoms with E-state index in [2.05, 4.69) is 15.0 Å². The number of aryl methyl sites for hydroxylation is 2. The number of rotatable bonds is 6. The minimum atomic E-state index is -4.56. The van der Waals surface area contributed by atoms with E-state index in [1.807, 2.05) is 0 Å². The van der Waals surface area contributed by atoms with E-state index in [4.69, 9.17) is 4.74 Å². The molecule has 12 heteroatoms. The van der Waals surface area contributed by atoms with E-state index in [1.165, 1.54) is 7.11 Å². The molecular formula is C20H18F3N3O4S2. The van der Waals surface area contributed by atoms with Gasteiger partial charge in [-0.05, 0) is 43.2 Å². The van der Waals surface area contributed by atoms with E-state index in [9.17, 15) is 26.4 Å². The number of hydrogen-bond acceptors (Lipinski definition) is 6. The van der Waals surface area contributed by atoms with Crippen LogP contribution in [0.3, 0.4) is 0 Å². The minimum absolute atomic E-state index is 0.0281. The Morgan fingerprint density at radius 1 is 1.12 bits per heavy atom. The lowest BCUT2D eigenvalue weighted by molar-refractivity contribution is -0.134. The normalized spacial score (nSPS) is 11.8. The van der Waals surface area contributed by atoms with Crippen LogP contribution in [-0.2, 0) is 16.2 Å². The number of para-hydroxylation sites is 1. The van der Waals surface area contributed by atoms with Gasteiger partial charge in [-0.3, -0.25) is 9.52 Å². The highest BCUT2D eigenvalue weighted by molar-refractivity contribution is 7.92. The molecule has 0 atom stereocenters. The number of methoxy groups -OCH3 is 1. The number of pyridine rings is 1. The third kappa shape index (κ3) is 5.02. The van der Waals surface area contributed by atoms with Crippen molar-refractivity contribution in [2.45, 2.75) is 24.9 Å². The standard InChI is InChI=1S/C20H18F3N3O4S2/c1-11-5-4-6-12(2)17(11)26-32(28,29)15-9-13(10-24-19(15)30-3)25-18(27)14-7-8-16(31-14)20(21,22)23/h4-10,26H,1-3H3,(H,25,27). The molecule has 2 aromatic heterocycles. The number of nitrogens with one attached hydrogen (secondary N) is 2. The number of amides is 1. The Bertz CT molecular complexity index is 1250. The van der Waals surface area contributed by atoms with Crippen LogP contribution in [0.25, 0.3) is 0 Å². The van der Waals surface area contributed by atoms with Gasteiger partial charge in [-0.2, -0.15) is 13.2 Å². The van der Waals surface area contributed by atoms with Crippen LogP contribution in [0.2, 0.25) is 0 Å². The van der Waals surface area contributed by atoms with Gasteiger partial charge >= 0.3 is 6.18 Å². The number of sulfonamides is 1. The third-order valence-electron chi connectivity index (χ3n) is 4.39. The van der Waals surface area contributed by atoms with Gasteiger partial charge in [-0.15, -0.1) is 11.3 Å². The average Bonchev–Trinajstić information content (AvgIpc) is 3.22. The number of anilines is 2. The number of halogens is 3. The molecule has 2 heterocycles. The molecular weight excluding hydrogens is 467 g/mol. The SMILES string of the molecule is COc1ncc(NC(=O)c2ccc(C(F)(F)F)s2)cc1S(=O)(=O)Nc1c(C)cccc1C. The van der Waals surface area contributed by atoms with Crippen LogP contribution in [0.15, 0.2) is 47.5 Å². The average molecular weight is 486 g/mol. The summed E-state index contributed by atoms with van der Waals surface area (Å²) in [6.45, 7) is 3.49. The highest BCUT2D eigenvalue weighted by Crippen LogP contribution is 2.35. The van der Waals surface area contributed by atoms with Crippen molar-refractivity contribution in [2.75, 3.05) is 17.1 Å². The monoisotopic (exact) mass is 485 g/mol. The zero-order valence-corrected chi connectivity index (χ0v) is 18.7. The largest absolute Gasteiger partial charge is 0.480 e. The van der Waals surface area contributed by atoms with E-state index < -0.39 is 27.0 Å². The molecule has 0 aliphatic rings. The molecule has 0 aliphatic carbocycles. The molecule has 0 radical (unpaired) electrons. The number of aromatic nitrogens is 1. The fourth-order valence-electron chi connectivity index (χ4n) is 2.82. The van der Waals surface area contributed by atoms with Gasteiger partial charge in [-0.25, -0.2) is 13.4 Å². The van der Waals surface area contributed by atoms with Gasteiger partial charge in [0.05, 0.1) is 29.6 Å². The molecule has 0 unspecified atom stereocenters. The van der Waals surface area contributed by atoms with Gasteiger partial charge in [-0.1, -0.05) is 18.2 Å². The Hall–Kier alpha value is -3.12. The summed E-state index contributed by atoms with van der Waals surface area (Å²) in [4.78, 5) is 14.8. The second-order valence-electron chi connectivity index (χ2n) is 6.72. The number of alkyl halides is 3. The maximum absolute atomic E-state index is 13.0. The van der Waals surface area contributed by atoms with Gasteiger partial charge in [0.25, 0.3) is 15.9 Å². The predicted octanol–water partition coefficient (Wildman–Crippen LogP) is 4.84. The molecule has 3 aromatic rings. The molecule has 0 aliphatic heterocycles. The first-order chi connectivity index (χ1) is 14.9. The minimum Gasteiger partial charge on any atom is -0.480 e. The van der Waals surface area contributed by atoms with Crippen LogP contribution >= 0.6 is 11.3 Å². The number of carbonyl (C=O) groups is 1. The zero-order valence-electron chi connectivity index (χ0n) is 17.1. The molecule has 1 aromatic carbocycles. The summed E-state index contributed by atoms with van der Waals surface area (Å²) in [5.41, 5.74) is 1.76. The van der Waals surface area contributed by atoms with Gasteiger partial charge in [0.2, 0.25) is 5.88 Å². The van der Waals surface area contributed by atoms with Gasteiger partial charge in [0.1, 0.15) is 4.88 Å². The summed E-state index contributed by atoms with van der Waals surface area (Å²) in [5.74, 6) is -1.04. The van der Waals surface area contributed by atoms with E-state index in [0.29, 0.717) is 16.8 Å². The van der Waals surface area contributed by atoms with Crippen molar-refractivity contribution < 1.29 is 31.1 Å². The molecule has 3 rings (SSSR count). The molecule has 0 saturated carbocycles. The summed E-state index contributed by atoms with van der Waals surface area (Å²) in [7, 11) is -2.94. The van der Waals surface area contributed by atoms with Gasteiger partial charge < -0.3 is 10.1 Å². The first kappa shape index (κ1) is 23.5. The lowest BCUT2D eigenvalue weighted by Gasteiger charge is -2.15. The highest BCUT2D eigenvalue weighted by Gasteiger charge is 2.33. The predicted molar refractivity (Wildman–Crippen MR) is 115 cm³/mol. The molecule has 0 fully saturated rings. The van der Waals surface area contributed by atoms with Crippen molar-refractivity contribution in [1.29, 1.82) is 0 Å². The summed E-state index contributed by atoms with van der Waals surface area (Å²) in [6.07, 6.45) is -3.42. The van der Waals surface area contributed by atoms with E-state index >= 15 is 0 Å². The molecule has 0 saturated heterocycles. The van der Waals surface area contributed by atoms with E-state index in [-0.39, 0.29) is 32.7 Å². The fourth-order valence-corrected chi connectivity index (χ4v) is 4.93. The maximum atomic E-state index is 13.0. The summed E-state index contributed by atoms with van der Waals surface area (Å²) >= 11 is 0.277. The molecule has 0 bridgehead atoms. The number of carbonyl (C=O) groups excluding carboxylic acids is 1. The molecule has 170 valence electrons. The van der Waals surface area contributed by atoms with Crippen LogP contribution in [0.1, 0.15) is 25.7 Å². The maximum Gasteiger partial charge on any atom is 0.425 e. The quantitative estimate of drug-likeness (QED) is 0.521. The number of thiophene rings is 1. The van der Waals surface area contributed by atoms with Gasteiger partial charge in [0.15, 0.2) is 4.90 Å². The zero-order chi connectivity index (χ0) is 23.7. The summed E-state index contributed by atoms with van der Waals surface area (Å²) in [5, 5.41) is 2.37. The third-order valence-corrected chi connectivity index (χ3v) is 6.86. The van der Waals surface area contributed by atoms with E-state index in [0.717, 1.165) is 24.4 Å². The molecule has 32 heavy (non-hydrogen) atoms. The number of hydrogen-bond donors (Lipinski definition) is 2. The first-order valence-corrected chi connectivity index (χ1v) is 11.3. The Morgan fingerprint density at radius 3 is 2.34 bits per heavy atom. The molecule has 0 spiro atoms. The molecule has 1 amide bonds. The Morgan fingerprint density at radius 2 is 1.78 bits per heavy atom. The Kier molecular flexibility index (Phi) is 6.46. The first-order valence-electron chi connectivity index (χ1n) is 9.04. The Balaban J connectivity index is 1.91. The summed E-state index contributed by atoms with van der Waals surface area (Å²) < 4.78 is 72.0. The Labute approximate surface area is 186 Å². The number of benzene rings is 1. The van der Waals surface area contributed by atoms with Crippen molar-refractivity contribution >= 4 is 38.6 Å². The topological polar surface area (TPSA) is 97.4 Å². The fraction of sp³-hybridized carbons (Fsp3) is 0.200. The van der Waals surface area contributed by atoms with Crippen LogP contribution in [0.4, 0.5) is 24.5 Å². The summed E-state index contributed by atoms with van der Waals surface area (Å²) in [6, 6.07) is 8.24. The van der Waals surface area contributed by atoms with Crippen molar-refractivity contribution in [3.8, 4) is 5.88 Å². The van der Waals surface area contributed by atoms with Crippen molar-refractivity contribution in [3.63, 3.8) is 0 Å².